The molecule has 6 heterocycles. The van der Waals surface area contributed by atoms with Crippen LogP contribution in [0.4, 0.5) is 20.4 Å². The van der Waals surface area contributed by atoms with Gasteiger partial charge in [0.1, 0.15) is 5.69 Å². The minimum atomic E-state index is -3.75. The maximum absolute atomic E-state index is 14.5. The van der Waals surface area contributed by atoms with Crippen LogP contribution in [0, 0.1) is 0 Å². The number of amides is 1. The Bertz CT molecular complexity index is 1510. The number of halogens is 2. The Morgan fingerprint density at radius 3 is 2.70 bits per heavy atom. The van der Waals surface area contributed by atoms with Gasteiger partial charge in [-0.2, -0.15) is 5.10 Å². The van der Waals surface area contributed by atoms with E-state index in [4.69, 9.17) is 9.26 Å². The van der Waals surface area contributed by atoms with E-state index in [1.54, 1.807) is 36.7 Å². The Kier molecular flexibility index (Phi) is 5.24. The third-order valence-electron chi connectivity index (χ3n) is 6.30. The smallest absolute Gasteiger partial charge is 0.309 e. The van der Waals surface area contributed by atoms with Crippen LogP contribution in [0.2, 0.25) is 0 Å². The molecule has 1 fully saturated rings. The minimum Gasteiger partial charge on any atom is -0.373 e. The maximum atomic E-state index is 14.5. The van der Waals surface area contributed by atoms with Crippen molar-refractivity contribution in [2.45, 2.75) is 24.7 Å². The number of alkyl halides is 2. The average molecular weight is 510 g/mol. The third-order valence-corrected chi connectivity index (χ3v) is 6.30. The molecule has 0 aromatic carbocycles. The van der Waals surface area contributed by atoms with Crippen molar-refractivity contribution in [2.75, 3.05) is 25.5 Å². The van der Waals surface area contributed by atoms with Crippen molar-refractivity contribution in [3.8, 4) is 22.8 Å². The Morgan fingerprint density at radius 2 is 1.92 bits per heavy atom. The molecule has 37 heavy (non-hydrogen) atoms. The first-order valence-electron chi connectivity index (χ1n) is 11.3. The lowest BCUT2D eigenvalue weighted by atomic mass is 9.95. The maximum Gasteiger partial charge on any atom is 0.309 e. The van der Waals surface area contributed by atoms with Crippen molar-refractivity contribution in [3.05, 3.63) is 54.2 Å². The van der Waals surface area contributed by atoms with Crippen LogP contribution in [0.25, 0.3) is 22.8 Å². The first kappa shape index (κ1) is 23.1. The Morgan fingerprint density at radius 1 is 1.14 bits per heavy atom. The summed E-state index contributed by atoms with van der Waals surface area (Å²) in [5.41, 5.74) is -0.240. The van der Waals surface area contributed by atoms with Gasteiger partial charge in [-0.15, -0.1) is 0 Å². The largest absolute Gasteiger partial charge is 0.373 e. The van der Waals surface area contributed by atoms with Crippen molar-refractivity contribution >= 4 is 17.5 Å². The molecular formula is C23H20F2N8O4. The molecule has 4 aromatic heterocycles. The van der Waals surface area contributed by atoms with Gasteiger partial charge in [0, 0.05) is 19.3 Å². The van der Waals surface area contributed by atoms with Crippen molar-refractivity contribution in [1.82, 2.24) is 34.8 Å². The summed E-state index contributed by atoms with van der Waals surface area (Å²) in [4.78, 5) is 26.4. The van der Waals surface area contributed by atoms with E-state index in [0.29, 0.717) is 37.1 Å². The van der Waals surface area contributed by atoms with E-state index in [2.05, 4.69) is 30.5 Å². The highest BCUT2D eigenvalue weighted by molar-refractivity contribution is 5.89. The number of fused-ring (bicyclic) bond motifs is 1. The second kappa shape index (κ2) is 8.38. The first-order chi connectivity index (χ1) is 17.8. The summed E-state index contributed by atoms with van der Waals surface area (Å²) in [7, 11) is 1.18. The number of pyridine rings is 1. The molecule has 0 spiro atoms. The zero-order valence-corrected chi connectivity index (χ0v) is 19.4. The zero-order chi connectivity index (χ0) is 25.8. The monoisotopic (exact) mass is 510 g/mol. The molecule has 1 saturated heterocycles. The molecule has 0 radical (unpaired) electrons. The number of aliphatic hydroxyl groups is 1. The number of carbonyl (C=O) groups is 1. The van der Waals surface area contributed by atoms with Crippen LogP contribution in [-0.2, 0) is 28.3 Å². The van der Waals surface area contributed by atoms with Gasteiger partial charge >= 0.3 is 5.92 Å². The fourth-order valence-electron chi connectivity index (χ4n) is 4.35. The molecule has 2 aliphatic rings. The summed E-state index contributed by atoms with van der Waals surface area (Å²) >= 11 is 0. The number of nitrogens with one attached hydrogen (secondary N) is 1. The first-order valence-corrected chi connectivity index (χ1v) is 11.3. The lowest BCUT2D eigenvalue weighted by molar-refractivity contribution is -0.179. The lowest BCUT2D eigenvalue weighted by Crippen LogP contribution is -2.46. The molecule has 12 nitrogen and oxygen atoms in total. The fraction of sp³-hybridized carbons (Fsp3) is 0.304. The Balaban J connectivity index is 1.28. The standard InChI is InChI=1S/C23H20F2N8O4/c1-32-12-22(24,25)23(35,20(32)34)19-9-16(31-37-19)14-4-2-3-13(28-14)15-5-6-26-21(29-15)30-17-10-27-33-7-8-36-11-18(17)33/h2-6,9-10,35H,7-8,11-12H2,1H3,(H,26,29,30). The number of likely N-dealkylation sites (N-methyl/N-ethyl adjacent to an activating group) is 1. The van der Waals surface area contributed by atoms with Gasteiger partial charge in [0.2, 0.25) is 5.95 Å². The van der Waals surface area contributed by atoms with E-state index >= 15 is 0 Å². The molecule has 1 atom stereocenters. The van der Waals surface area contributed by atoms with E-state index in [-0.39, 0.29) is 11.4 Å². The summed E-state index contributed by atoms with van der Waals surface area (Å²) < 4.78 is 41.4. The molecule has 4 aromatic rings. The molecule has 190 valence electrons. The van der Waals surface area contributed by atoms with Crippen LogP contribution in [0.1, 0.15) is 11.5 Å². The number of hydrogen-bond acceptors (Lipinski definition) is 10. The number of carbonyl (C=O) groups excluding carboxylic acids is 1. The number of hydrogen-bond donors (Lipinski definition) is 2. The predicted octanol–water partition coefficient (Wildman–Crippen LogP) is 1.96. The summed E-state index contributed by atoms with van der Waals surface area (Å²) in [5, 5.41) is 21.9. The number of ether oxygens (including phenoxy) is 1. The quantitative estimate of drug-likeness (QED) is 0.409. The van der Waals surface area contributed by atoms with E-state index in [1.165, 1.54) is 7.05 Å². The summed E-state index contributed by atoms with van der Waals surface area (Å²) in [6, 6.07) is 7.75. The topological polar surface area (TPSA) is 144 Å². The van der Waals surface area contributed by atoms with Gasteiger partial charge in [-0.1, -0.05) is 11.2 Å². The number of aromatic nitrogens is 6. The SMILES string of the molecule is CN1CC(F)(F)C(O)(c2cc(-c3cccc(-c4ccnc(Nc5cnn6c5COCC6)n4)n3)no2)C1=O. The van der Waals surface area contributed by atoms with Gasteiger partial charge in [0.25, 0.3) is 11.5 Å². The highest BCUT2D eigenvalue weighted by Crippen LogP contribution is 2.45. The second-order valence-electron chi connectivity index (χ2n) is 8.73. The van der Waals surface area contributed by atoms with E-state index in [9.17, 15) is 18.7 Å². The molecule has 1 unspecified atom stereocenters. The number of likely N-dealkylation sites (tertiary alicyclic amines) is 1. The second-order valence-corrected chi connectivity index (χ2v) is 8.73. The molecule has 2 N–H and O–H groups in total. The van der Waals surface area contributed by atoms with Gasteiger partial charge in [-0.3, -0.25) is 9.48 Å². The average Bonchev–Trinajstić information content (AvgIpc) is 3.59. The molecule has 14 heteroatoms. The molecule has 0 aliphatic carbocycles. The molecule has 0 saturated carbocycles. The van der Waals surface area contributed by atoms with E-state index < -0.39 is 29.7 Å². The lowest BCUT2D eigenvalue weighted by Gasteiger charge is -2.22. The van der Waals surface area contributed by atoms with Crippen molar-refractivity contribution < 1.29 is 27.9 Å². The normalized spacial score (nSPS) is 20.8. The molecule has 6 rings (SSSR count). The van der Waals surface area contributed by atoms with Gasteiger partial charge in [0.15, 0.2) is 5.76 Å². The summed E-state index contributed by atoms with van der Waals surface area (Å²) in [6.45, 7) is 0.752. The van der Waals surface area contributed by atoms with E-state index in [0.717, 1.165) is 22.3 Å². The summed E-state index contributed by atoms with van der Waals surface area (Å²) in [5.74, 6) is -5.26. The van der Waals surface area contributed by atoms with Crippen LogP contribution < -0.4 is 5.32 Å². The van der Waals surface area contributed by atoms with Crippen molar-refractivity contribution in [2.24, 2.45) is 0 Å². The number of anilines is 2. The summed E-state index contributed by atoms with van der Waals surface area (Å²) in [6.07, 6.45) is 3.25. The molecular weight excluding hydrogens is 490 g/mol. The number of nitrogens with zero attached hydrogens (tertiary/aromatic N) is 7. The van der Waals surface area contributed by atoms with Crippen LogP contribution in [0.5, 0.6) is 0 Å². The molecule has 1 amide bonds. The minimum absolute atomic E-state index is 0.0716. The van der Waals surface area contributed by atoms with Gasteiger partial charge < -0.3 is 24.6 Å². The van der Waals surface area contributed by atoms with E-state index in [1.807, 2.05) is 4.68 Å². The number of rotatable bonds is 5. The molecule has 2 aliphatic heterocycles. The fourth-order valence-corrected chi connectivity index (χ4v) is 4.35. The van der Waals surface area contributed by atoms with Crippen LogP contribution in [0.3, 0.4) is 0 Å². The predicted molar refractivity (Wildman–Crippen MR) is 122 cm³/mol. The highest BCUT2D eigenvalue weighted by Gasteiger charge is 2.68. The molecule has 0 bridgehead atoms. The third kappa shape index (κ3) is 3.72. The Labute approximate surface area is 207 Å². The van der Waals surface area contributed by atoms with Crippen molar-refractivity contribution in [3.63, 3.8) is 0 Å². The van der Waals surface area contributed by atoms with Crippen LogP contribution >= 0.6 is 0 Å². The Hall–Kier alpha value is -4.30. The van der Waals surface area contributed by atoms with Crippen molar-refractivity contribution in [1.29, 1.82) is 0 Å². The van der Waals surface area contributed by atoms with Gasteiger partial charge in [-0.25, -0.2) is 23.7 Å². The zero-order valence-electron chi connectivity index (χ0n) is 19.4. The van der Waals surface area contributed by atoms with Gasteiger partial charge in [0.05, 0.1) is 61.0 Å². The van der Waals surface area contributed by atoms with Crippen LogP contribution in [-0.4, -0.2) is 71.9 Å². The van der Waals surface area contributed by atoms with Crippen LogP contribution in [0.15, 0.2) is 47.2 Å². The highest BCUT2D eigenvalue weighted by atomic mass is 19.3. The van der Waals surface area contributed by atoms with Gasteiger partial charge in [-0.05, 0) is 18.2 Å².